The Kier molecular flexibility index (Phi) is 3.31. The first-order chi connectivity index (χ1) is 9.78. The summed E-state index contributed by atoms with van der Waals surface area (Å²) >= 11 is 0. The number of hydrogen-bond acceptors (Lipinski definition) is 3. The molecule has 3 aromatic rings. The molecular weight excluding hydrogens is 255 g/mol. The second-order valence-corrected chi connectivity index (χ2v) is 4.39. The maximum atomic E-state index is 13.2. The lowest BCUT2D eigenvalue weighted by molar-refractivity contribution is 0.476. The first-order valence-electron chi connectivity index (χ1n) is 6.28. The average Bonchev–Trinajstić information content (AvgIpc) is 2.48. The number of fused-ring (bicyclic) bond motifs is 1. The van der Waals surface area contributed by atoms with Gasteiger partial charge in [-0.05, 0) is 24.3 Å². The summed E-state index contributed by atoms with van der Waals surface area (Å²) in [6, 6.07) is 13.7. The van der Waals surface area contributed by atoms with Gasteiger partial charge >= 0.3 is 0 Å². The standard InChI is InChI=1S/C16H13FN2O/c17-12-4-3-5-13(8-12)20-16-11(9-18)10-19-15-7-2-1-6-14(15)16/h1-8,10H,9,18H2. The van der Waals surface area contributed by atoms with Crippen molar-refractivity contribution in [2.75, 3.05) is 0 Å². The zero-order chi connectivity index (χ0) is 13.9. The number of hydrogen-bond donors (Lipinski definition) is 1. The minimum absolute atomic E-state index is 0.308. The molecule has 3 rings (SSSR count). The number of nitrogens with zero attached hydrogens (tertiary/aromatic N) is 1. The minimum Gasteiger partial charge on any atom is -0.456 e. The predicted octanol–water partition coefficient (Wildman–Crippen LogP) is 3.62. The van der Waals surface area contributed by atoms with Crippen molar-refractivity contribution in [3.05, 3.63) is 66.1 Å². The van der Waals surface area contributed by atoms with E-state index in [0.717, 1.165) is 16.5 Å². The Bertz CT molecular complexity index is 758. The summed E-state index contributed by atoms with van der Waals surface area (Å²) in [5.74, 6) is 0.731. The van der Waals surface area contributed by atoms with E-state index >= 15 is 0 Å². The molecule has 0 aliphatic rings. The van der Waals surface area contributed by atoms with Crippen molar-refractivity contribution in [1.29, 1.82) is 0 Å². The van der Waals surface area contributed by atoms with Crippen LogP contribution < -0.4 is 10.5 Å². The number of ether oxygens (including phenoxy) is 1. The van der Waals surface area contributed by atoms with Crippen molar-refractivity contribution in [2.45, 2.75) is 6.54 Å². The number of aromatic nitrogens is 1. The summed E-state index contributed by atoms with van der Waals surface area (Å²) in [5.41, 5.74) is 7.33. The highest BCUT2D eigenvalue weighted by Gasteiger charge is 2.10. The van der Waals surface area contributed by atoms with Crippen molar-refractivity contribution in [2.24, 2.45) is 5.73 Å². The first-order valence-corrected chi connectivity index (χ1v) is 6.28. The molecule has 0 unspecified atom stereocenters. The lowest BCUT2D eigenvalue weighted by Crippen LogP contribution is -2.01. The van der Waals surface area contributed by atoms with Crippen molar-refractivity contribution in [3.63, 3.8) is 0 Å². The van der Waals surface area contributed by atoms with Gasteiger partial charge in [0.05, 0.1) is 5.52 Å². The Morgan fingerprint density at radius 3 is 2.75 bits per heavy atom. The Balaban J connectivity index is 2.13. The van der Waals surface area contributed by atoms with E-state index in [1.807, 2.05) is 24.3 Å². The van der Waals surface area contributed by atoms with Crippen LogP contribution in [-0.2, 0) is 6.54 Å². The number of benzene rings is 2. The molecule has 0 fully saturated rings. The molecule has 2 aromatic carbocycles. The van der Waals surface area contributed by atoms with Gasteiger partial charge in [0.2, 0.25) is 0 Å². The molecule has 0 saturated carbocycles. The zero-order valence-corrected chi connectivity index (χ0v) is 10.7. The molecule has 0 bridgehead atoms. The van der Waals surface area contributed by atoms with Crippen molar-refractivity contribution < 1.29 is 9.13 Å². The van der Waals surface area contributed by atoms with Gasteiger partial charge in [-0.25, -0.2) is 4.39 Å². The zero-order valence-electron chi connectivity index (χ0n) is 10.7. The summed E-state index contributed by atoms with van der Waals surface area (Å²) in [6.45, 7) is 0.308. The van der Waals surface area contributed by atoms with Crippen LogP contribution in [0.1, 0.15) is 5.56 Å². The number of para-hydroxylation sites is 1. The highest BCUT2D eigenvalue weighted by atomic mass is 19.1. The molecule has 1 heterocycles. The second kappa shape index (κ2) is 5.27. The minimum atomic E-state index is -0.338. The molecule has 20 heavy (non-hydrogen) atoms. The van der Waals surface area contributed by atoms with E-state index in [9.17, 15) is 4.39 Å². The van der Waals surface area contributed by atoms with E-state index in [1.165, 1.54) is 12.1 Å². The SMILES string of the molecule is NCc1cnc2ccccc2c1Oc1cccc(F)c1. The third-order valence-corrected chi connectivity index (χ3v) is 3.04. The fraction of sp³-hybridized carbons (Fsp3) is 0.0625. The lowest BCUT2D eigenvalue weighted by atomic mass is 10.1. The fourth-order valence-corrected chi connectivity index (χ4v) is 2.07. The van der Waals surface area contributed by atoms with E-state index in [0.29, 0.717) is 18.0 Å². The van der Waals surface area contributed by atoms with Crippen LogP contribution in [0, 0.1) is 5.82 Å². The highest BCUT2D eigenvalue weighted by Crippen LogP contribution is 2.32. The van der Waals surface area contributed by atoms with Crippen LogP contribution in [0.15, 0.2) is 54.7 Å². The normalized spacial score (nSPS) is 10.7. The third kappa shape index (κ3) is 2.33. The van der Waals surface area contributed by atoms with Crippen molar-refractivity contribution in [3.8, 4) is 11.5 Å². The van der Waals surface area contributed by atoms with Gasteiger partial charge in [0.15, 0.2) is 0 Å². The van der Waals surface area contributed by atoms with Gasteiger partial charge in [-0.1, -0.05) is 18.2 Å². The summed E-state index contributed by atoms with van der Waals surface area (Å²) in [5, 5.41) is 0.861. The van der Waals surface area contributed by atoms with Crippen LogP contribution in [0.25, 0.3) is 10.9 Å². The second-order valence-electron chi connectivity index (χ2n) is 4.39. The monoisotopic (exact) mass is 268 g/mol. The van der Waals surface area contributed by atoms with Crippen molar-refractivity contribution >= 4 is 10.9 Å². The Morgan fingerprint density at radius 1 is 1.10 bits per heavy atom. The Morgan fingerprint density at radius 2 is 1.95 bits per heavy atom. The molecule has 0 saturated heterocycles. The van der Waals surface area contributed by atoms with Gasteiger partial charge in [0.1, 0.15) is 17.3 Å². The van der Waals surface area contributed by atoms with Gasteiger partial charge in [0.25, 0.3) is 0 Å². The molecule has 4 heteroatoms. The largest absolute Gasteiger partial charge is 0.456 e. The third-order valence-electron chi connectivity index (χ3n) is 3.04. The Labute approximate surface area is 115 Å². The van der Waals surface area contributed by atoms with Gasteiger partial charge in [-0.3, -0.25) is 4.98 Å². The van der Waals surface area contributed by atoms with Gasteiger partial charge in [0, 0.05) is 29.8 Å². The van der Waals surface area contributed by atoms with Crippen LogP contribution in [0.4, 0.5) is 4.39 Å². The highest BCUT2D eigenvalue weighted by molar-refractivity contribution is 5.86. The molecule has 0 atom stereocenters. The maximum Gasteiger partial charge on any atom is 0.142 e. The molecule has 2 N–H and O–H groups in total. The van der Waals surface area contributed by atoms with Crippen molar-refractivity contribution in [1.82, 2.24) is 4.98 Å². The van der Waals surface area contributed by atoms with Gasteiger partial charge < -0.3 is 10.5 Å². The summed E-state index contributed by atoms with van der Waals surface area (Å²) in [7, 11) is 0. The number of rotatable bonds is 3. The summed E-state index contributed by atoms with van der Waals surface area (Å²) in [6.07, 6.45) is 1.69. The van der Waals surface area contributed by atoms with Crippen LogP contribution >= 0.6 is 0 Å². The topological polar surface area (TPSA) is 48.1 Å². The van der Waals surface area contributed by atoms with Crippen LogP contribution in [0.5, 0.6) is 11.5 Å². The average molecular weight is 268 g/mol. The number of halogens is 1. The molecule has 0 spiro atoms. The number of nitrogens with two attached hydrogens (primary N) is 1. The first kappa shape index (κ1) is 12.6. The molecule has 0 amide bonds. The molecule has 100 valence electrons. The van der Waals surface area contributed by atoms with E-state index in [-0.39, 0.29) is 5.82 Å². The number of pyridine rings is 1. The smallest absolute Gasteiger partial charge is 0.142 e. The molecule has 1 aromatic heterocycles. The summed E-state index contributed by atoms with van der Waals surface area (Å²) in [4.78, 5) is 4.34. The Hall–Kier alpha value is -2.46. The van der Waals surface area contributed by atoms with E-state index in [4.69, 9.17) is 10.5 Å². The lowest BCUT2D eigenvalue weighted by Gasteiger charge is -2.12. The molecule has 0 aliphatic carbocycles. The van der Waals surface area contributed by atoms with Crippen LogP contribution in [0.3, 0.4) is 0 Å². The predicted molar refractivity (Wildman–Crippen MR) is 76.1 cm³/mol. The van der Waals surface area contributed by atoms with Gasteiger partial charge in [-0.2, -0.15) is 0 Å². The maximum absolute atomic E-state index is 13.2. The summed E-state index contributed by atoms with van der Waals surface area (Å²) < 4.78 is 19.1. The van der Waals surface area contributed by atoms with E-state index < -0.39 is 0 Å². The van der Waals surface area contributed by atoms with Gasteiger partial charge in [-0.15, -0.1) is 0 Å². The van der Waals surface area contributed by atoms with Crippen LogP contribution in [-0.4, -0.2) is 4.98 Å². The fourth-order valence-electron chi connectivity index (χ4n) is 2.07. The molecule has 0 radical (unpaired) electrons. The van der Waals surface area contributed by atoms with E-state index in [2.05, 4.69) is 4.98 Å². The molecular formula is C16H13FN2O. The van der Waals surface area contributed by atoms with E-state index in [1.54, 1.807) is 18.3 Å². The quantitative estimate of drug-likeness (QED) is 0.789. The van der Waals surface area contributed by atoms with Crippen LogP contribution in [0.2, 0.25) is 0 Å². The molecule has 0 aliphatic heterocycles. The molecule has 3 nitrogen and oxygen atoms in total.